The second kappa shape index (κ2) is 11.0. The van der Waals surface area contributed by atoms with Crippen molar-refractivity contribution in [2.24, 2.45) is 0 Å². The van der Waals surface area contributed by atoms with Gasteiger partial charge in [-0.05, 0) is 85.9 Å². The number of hydrogen-bond acceptors (Lipinski definition) is 4. The maximum absolute atomic E-state index is 12.6. The molecule has 34 heavy (non-hydrogen) atoms. The van der Waals surface area contributed by atoms with Gasteiger partial charge in [0.15, 0.2) is 6.61 Å². The van der Waals surface area contributed by atoms with Crippen molar-refractivity contribution in [3.63, 3.8) is 0 Å². The van der Waals surface area contributed by atoms with Crippen LogP contribution >= 0.6 is 0 Å². The fourth-order valence-electron chi connectivity index (χ4n) is 3.26. The number of aryl methyl sites for hydroxylation is 3. The van der Waals surface area contributed by atoms with Crippen LogP contribution in [-0.4, -0.2) is 18.4 Å². The molecule has 6 nitrogen and oxygen atoms in total. The Labute approximate surface area is 199 Å². The number of carbonyl (C=O) groups excluding carboxylic acids is 2. The van der Waals surface area contributed by atoms with Gasteiger partial charge in [0.1, 0.15) is 17.4 Å². The predicted octanol–water partition coefficient (Wildman–Crippen LogP) is 5.48. The molecule has 0 atom stereocenters. The van der Waals surface area contributed by atoms with Crippen LogP contribution in [0.5, 0.6) is 5.75 Å². The van der Waals surface area contributed by atoms with E-state index >= 15 is 0 Å². The van der Waals surface area contributed by atoms with Crippen molar-refractivity contribution in [3.8, 4) is 11.8 Å². The van der Waals surface area contributed by atoms with Crippen LogP contribution in [0.25, 0.3) is 6.08 Å². The molecule has 2 N–H and O–H groups in total. The molecule has 0 saturated heterocycles. The van der Waals surface area contributed by atoms with Crippen LogP contribution < -0.4 is 15.4 Å². The first-order valence-electron chi connectivity index (χ1n) is 10.9. The first-order valence-corrected chi connectivity index (χ1v) is 10.9. The summed E-state index contributed by atoms with van der Waals surface area (Å²) < 4.78 is 5.57. The number of anilines is 2. The van der Waals surface area contributed by atoms with Crippen LogP contribution in [0.2, 0.25) is 0 Å². The van der Waals surface area contributed by atoms with E-state index in [0.29, 0.717) is 17.0 Å². The quantitative estimate of drug-likeness (QED) is 0.366. The largest absolute Gasteiger partial charge is 0.484 e. The van der Waals surface area contributed by atoms with Gasteiger partial charge in [-0.1, -0.05) is 36.4 Å². The van der Waals surface area contributed by atoms with E-state index in [1.54, 1.807) is 30.3 Å². The molecule has 0 spiro atoms. The Morgan fingerprint density at radius 3 is 2.35 bits per heavy atom. The molecule has 0 heterocycles. The Balaban J connectivity index is 1.60. The zero-order valence-electron chi connectivity index (χ0n) is 19.7. The number of amides is 2. The molecule has 0 bridgehead atoms. The summed E-state index contributed by atoms with van der Waals surface area (Å²) in [4.78, 5) is 24.8. The molecule has 3 rings (SSSR count). The number of nitriles is 1. The average Bonchev–Trinajstić information content (AvgIpc) is 2.82. The van der Waals surface area contributed by atoms with Crippen LogP contribution in [0.1, 0.15) is 27.8 Å². The predicted molar refractivity (Wildman–Crippen MR) is 135 cm³/mol. The molecule has 0 unspecified atom stereocenters. The minimum Gasteiger partial charge on any atom is -0.484 e. The van der Waals surface area contributed by atoms with Gasteiger partial charge in [-0.3, -0.25) is 9.59 Å². The van der Waals surface area contributed by atoms with E-state index in [1.165, 1.54) is 6.08 Å². The lowest BCUT2D eigenvalue weighted by molar-refractivity contribution is -0.118. The topological polar surface area (TPSA) is 91.2 Å². The SMILES string of the molecule is Cc1ccc(C)c(NC(=O)COc2ccc(/C=C(/C#N)C(=O)Nc3cccc(C)c3C)cc2)c1. The van der Waals surface area contributed by atoms with E-state index < -0.39 is 5.91 Å². The van der Waals surface area contributed by atoms with Crippen LogP contribution in [0, 0.1) is 39.0 Å². The summed E-state index contributed by atoms with van der Waals surface area (Å²) in [5.74, 6) is -0.223. The Morgan fingerprint density at radius 2 is 1.65 bits per heavy atom. The minimum atomic E-state index is -0.473. The van der Waals surface area contributed by atoms with Crippen molar-refractivity contribution in [3.05, 3.63) is 94.1 Å². The maximum Gasteiger partial charge on any atom is 0.266 e. The monoisotopic (exact) mass is 453 g/mol. The Bertz CT molecular complexity index is 1290. The lowest BCUT2D eigenvalue weighted by atomic mass is 10.1. The van der Waals surface area contributed by atoms with E-state index in [4.69, 9.17) is 4.74 Å². The Kier molecular flexibility index (Phi) is 7.83. The third kappa shape index (κ3) is 6.33. The summed E-state index contributed by atoms with van der Waals surface area (Å²) in [5.41, 5.74) is 6.14. The summed E-state index contributed by atoms with van der Waals surface area (Å²) in [6, 6.07) is 20.3. The van der Waals surface area contributed by atoms with Gasteiger partial charge in [0.25, 0.3) is 11.8 Å². The first kappa shape index (κ1) is 24.3. The van der Waals surface area contributed by atoms with Crippen molar-refractivity contribution in [2.45, 2.75) is 27.7 Å². The number of nitrogens with one attached hydrogen (secondary N) is 2. The summed E-state index contributed by atoms with van der Waals surface area (Å²) in [5, 5.41) is 15.1. The molecule has 3 aromatic rings. The Hall–Kier alpha value is -4.37. The number of benzene rings is 3. The van der Waals surface area contributed by atoms with E-state index in [2.05, 4.69) is 10.6 Å². The molecule has 0 saturated carbocycles. The highest BCUT2D eigenvalue weighted by atomic mass is 16.5. The Morgan fingerprint density at radius 1 is 0.912 bits per heavy atom. The molecule has 0 aliphatic rings. The van der Waals surface area contributed by atoms with Crippen molar-refractivity contribution >= 4 is 29.3 Å². The second-order valence-corrected chi connectivity index (χ2v) is 8.10. The van der Waals surface area contributed by atoms with Crippen molar-refractivity contribution in [1.82, 2.24) is 0 Å². The number of rotatable bonds is 7. The average molecular weight is 454 g/mol. The maximum atomic E-state index is 12.6. The zero-order chi connectivity index (χ0) is 24.7. The molecule has 2 amide bonds. The molecule has 0 aliphatic heterocycles. The van der Waals surface area contributed by atoms with Crippen LogP contribution in [0.15, 0.2) is 66.2 Å². The third-order valence-corrected chi connectivity index (χ3v) is 5.45. The number of nitrogens with zero attached hydrogens (tertiary/aromatic N) is 1. The van der Waals surface area contributed by atoms with Gasteiger partial charge in [-0.25, -0.2) is 0 Å². The molecule has 6 heteroatoms. The van der Waals surface area contributed by atoms with Crippen molar-refractivity contribution < 1.29 is 14.3 Å². The van der Waals surface area contributed by atoms with Gasteiger partial charge < -0.3 is 15.4 Å². The normalized spacial score (nSPS) is 10.9. The summed E-state index contributed by atoms with van der Waals surface area (Å²) >= 11 is 0. The summed E-state index contributed by atoms with van der Waals surface area (Å²) in [7, 11) is 0. The fraction of sp³-hybridized carbons (Fsp3) is 0.179. The number of hydrogen-bond donors (Lipinski definition) is 2. The third-order valence-electron chi connectivity index (χ3n) is 5.45. The minimum absolute atomic E-state index is 0.0116. The van der Waals surface area contributed by atoms with E-state index in [1.807, 2.05) is 64.1 Å². The highest BCUT2D eigenvalue weighted by Gasteiger charge is 2.12. The molecule has 0 aliphatic carbocycles. The number of ether oxygens (including phenoxy) is 1. The summed E-state index contributed by atoms with van der Waals surface area (Å²) in [6.45, 7) is 7.64. The van der Waals surface area contributed by atoms with Crippen LogP contribution in [-0.2, 0) is 9.59 Å². The highest BCUT2D eigenvalue weighted by Crippen LogP contribution is 2.20. The van der Waals surface area contributed by atoms with Gasteiger partial charge in [0.05, 0.1) is 0 Å². The molecule has 0 fully saturated rings. The van der Waals surface area contributed by atoms with Gasteiger partial charge in [-0.15, -0.1) is 0 Å². The van der Waals surface area contributed by atoms with Crippen molar-refractivity contribution in [2.75, 3.05) is 17.2 Å². The zero-order valence-corrected chi connectivity index (χ0v) is 19.7. The summed E-state index contributed by atoms with van der Waals surface area (Å²) in [6.07, 6.45) is 1.51. The smallest absolute Gasteiger partial charge is 0.266 e. The molecule has 3 aromatic carbocycles. The van der Waals surface area contributed by atoms with E-state index in [0.717, 1.165) is 27.9 Å². The number of carbonyl (C=O) groups is 2. The molecular weight excluding hydrogens is 426 g/mol. The lowest BCUT2D eigenvalue weighted by Gasteiger charge is -2.11. The first-order chi connectivity index (χ1) is 16.3. The van der Waals surface area contributed by atoms with Gasteiger partial charge in [0.2, 0.25) is 0 Å². The van der Waals surface area contributed by atoms with Crippen LogP contribution in [0.3, 0.4) is 0 Å². The fourth-order valence-corrected chi connectivity index (χ4v) is 3.26. The van der Waals surface area contributed by atoms with Gasteiger partial charge in [0, 0.05) is 11.4 Å². The van der Waals surface area contributed by atoms with Gasteiger partial charge in [-0.2, -0.15) is 5.26 Å². The van der Waals surface area contributed by atoms with Gasteiger partial charge >= 0.3 is 0 Å². The molecule has 0 radical (unpaired) electrons. The molecule has 0 aromatic heterocycles. The van der Waals surface area contributed by atoms with E-state index in [-0.39, 0.29) is 18.1 Å². The highest BCUT2D eigenvalue weighted by molar-refractivity contribution is 6.10. The van der Waals surface area contributed by atoms with Crippen molar-refractivity contribution in [1.29, 1.82) is 5.26 Å². The lowest BCUT2D eigenvalue weighted by Crippen LogP contribution is -2.20. The molecule has 172 valence electrons. The molecular formula is C28H27N3O3. The second-order valence-electron chi connectivity index (χ2n) is 8.10. The standard InChI is InChI=1S/C28H27N3O3/c1-18-8-9-20(3)26(14-18)30-27(32)17-34-24-12-10-22(11-13-24)15-23(16-29)28(33)31-25-7-5-6-19(2)21(25)4/h5-15H,17H2,1-4H3,(H,30,32)(H,31,33)/b23-15-. The van der Waals surface area contributed by atoms with Crippen LogP contribution in [0.4, 0.5) is 11.4 Å². The van der Waals surface area contributed by atoms with E-state index in [9.17, 15) is 14.9 Å².